The van der Waals surface area contributed by atoms with Crippen molar-refractivity contribution in [1.82, 2.24) is 4.98 Å². The van der Waals surface area contributed by atoms with E-state index in [1.165, 1.54) is 6.92 Å². The molecule has 2 amide bonds. The average Bonchev–Trinajstić information content (AvgIpc) is 2.90. The highest BCUT2D eigenvalue weighted by molar-refractivity contribution is 14.1. The smallest absolute Gasteiger partial charge is 0.302 e. The molecule has 0 aliphatic carbocycles. The third-order valence-electron chi connectivity index (χ3n) is 3.10. The Bertz CT molecular complexity index is 955. The lowest BCUT2D eigenvalue weighted by molar-refractivity contribution is -0.114. The first-order chi connectivity index (χ1) is 11.4. The van der Waals surface area contributed by atoms with Gasteiger partial charge in [-0.1, -0.05) is 11.6 Å². The van der Waals surface area contributed by atoms with E-state index in [9.17, 15) is 9.59 Å². The number of rotatable bonds is 3. The SMILES string of the molecule is CC(=O)Nc1ccc2nc(NC(=O)c3cc(I)ccc3Cl)oc2c1. The highest BCUT2D eigenvalue weighted by atomic mass is 127. The zero-order chi connectivity index (χ0) is 17.3. The Morgan fingerprint density at radius 1 is 1.17 bits per heavy atom. The number of benzene rings is 2. The Balaban J connectivity index is 1.86. The van der Waals surface area contributed by atoms with Crippen LogP contribution in [0.15, 0.2) is 40.8 Å². The summed E-state index contributed by atoms with van der Waals surface area (Å²) in [5, 5.41) is 5.58. The number of nitrogens with zero attached hydrogens (tertiary/aromatic N) is 1. The highest BCUT2D eigenvalue weighted by Crippen LogP contribution is 2.24. The minimum Gasteiger partial charge on any atom is -0.423 e. The summed E-state index contributed by atoms with van der Waals surface area (Å²) in [7, 11) is 0. The van der Waals surface area contributed by atoms with Crippen LogP contribution in [-0.4, -0.2) is 16.8 Å². The van der Waals surface area contributed by atoms with Gasteiger partial charge < -0.3 is 9.73 Å². The second kappa shape index (κ2) is 6.78. The van der Waals surface area contributed by atoms with Crippen molar-refractivity contribution in [2.24, 2.45) is 0 Å². The molecule has 0 unspecified atom stereocenters. The summed E-state index contributed by atoms with van der Waals surface area (Å²) >= 11 is 8.15. The lowest BCUT2D eigenvalue weighted by Crippen LogP contribution is -2.12. The van der Waals surface area contributed by atoms with Gasteiger partial charge in [-0.3, -0.25) is 14.9 Å². The quantitative estimate of drug-likeness (QED) is 0.577. The molecular formula is C16H11ClIN3O3. The molecule has 0 spiro atoms. The Morgan fingerprint density at radius 2 is 1.96 bits per heavy atom. The van der Waals surface area contributed by atoms with Crippen LogP contribution in [0.25, 0.3) is 11.1 Å². The number of aromatic nitrogens is 1. The molecule has 1 heterocycles. The van der Waals surface area contributed by atoms with Gasteiger partial charge in [-0.15, -0.1) is 0 Å². The number of amides is 2. The van der Waals surface area contributed by atoms with Crippen molar-refractivity contribution in [1.29, 1.82) is 0 Å². The van der Waals surface area contributed by atoms with Crippen LogP contribution in [0.2, 0.25) is 5.02 Å². The fraction of sp³-hybridized carbons (Fsp3) is 0.0625. The molecule has 3 aromatic rings. The number of anilines is 2. The topological polar surface area (TPSA) is 84.2 Å². The van der Waals surface area contributed by atoms with Gasteiger partial charge >= 0.3 is 6.01 Å². The molecule has 0 aliphatic heterocycles. The normalized spacial score (nSPS) is 10.6. The van der Waals surface area contributed by atoms with E-state index >= 15 is 0 Å². The molecule has 0 saturated carbocycles. The Hall–Kier alpha value is -2.13. The third kappa shape index (κ3) is 3.68. The average molecular weight is 456 g/mol. The summed E-state index contributed by atoms with van der Waals surface area (Å²) in [5.74, 6) is -0.595. The van der Waals surface area contributed by atoms with Crippen molar-refractivity contribution in [2.45, 2.75) is 6.92 Å². The molecule has 8 heteroatoms. The van der Waals surface area contributed by atoms with Crippen LogP contribution in [0.4, 0.5) is 11.7 Å². The monoisotopic (exact) mass is 455 g/mol. The molecule has 0 aliphatic rings. The lowest BCUT2D eigenvalue weighted by atomic mass is 10.2. The van der Waals surface area contributed by atoms with Gasteiger partial charge in [0.25, 0.3) is 5.91 Å². The van der Waals surface area contributed by atoms with Crippen LogP contribution in [0.1, 0.15) is 17.3 Å². The number of carbonyl (C=O) groups is 2. The predicted octanol–water partition coefficient (Wildman–Crippen LogP) is 4.30. The number of halogens is 2. The number of hydrogen-bond donors (Lipinski definition) is 2. The summed E-state index contributed by atoms with van der Waals surface area (Å²) in [6, 6.07) is 10.2. The van der Waals surface area contributed by atoms with Crippen molar-refractivity contribution in [2.75, 3.05) is 10.6 Å². The van der Waals surface area contributed by atoms with E-state index in [2.05, 4.69) is 38.2 Å². The summed E-state index contributed by atoms with van der Waals surface area (Å²) in [5.41, 5.74) is 1.94. The molecule has 0 saturated heterocycles. The third-order valence-corrected chi connectivity index (χ3v) is 4.10. The van der Waals surface area contributed by atoms with Gasteiger partial charge in [0.05, 0.1) is 10.6 Å². The van der Waals surface area contributed by atoms with Gasteiger partial charge in [0.2, 0.25) is 5.91 Å². The molecule has 6 nitrogen and oxygen atoms in total. The van der Waals surface area contributed by atoms with Crippen molar-refractivity contribution in [3.8, 4) is 0 Å². The highest BCUT2D eigenvalue weighted by Gasteiger charge is 2.15. The van der Waals surface area contributed by atoms with Gasteiger partial charge in [0.15, 0.2) is 5.58 Å². The second-order valence-corrected chi connectivity index (χ2v) is 6.61. The maximum Gasteiger partial charge on any atom is 0.302 e. The second-order valence-electron chi connectivity index (χ2n) is 4.96. The van der Waals surface area contributed by atoms with Crippen LogP contribution < -0.4 is 10.6 Å². The minimum absolute atomic E-state index is 0.0601. The molecule has 3 rings (SSSR count). The largest absolute Gasteiger partial charge is 0.423 e. The Morgan fingerprint density at radius 3 is 2.71 bits per heavy atom. The molecule has 0 fully saturated rings. The lowest BCUT2D eigenvalue weighted by Gasteiger charge is -2.03. The van der Waals surface area contributed by atoms with Gasteiger partial charge in [-0.2, -0.15) is 4.98 Å². The van der Waals surface area contributed by atoms with Crippen LogP contribution in [-0.2, 0) is 4.79 Å². The predicted molar refractivity (Wildman–Crippen MR) is 100 cm³/mol. The minimum atomic E-state index is -0.410. The first kappa shape index (κ1) is 16.7. The first-order valence-corrected chi connectivity index (χ1v) is 8.32. The van der Waals surface area contributed by atoms with Crippen molar-refractivity contribution < 1.29 is 14.0 Å². The molecule has 1 aromatic heterocycles. The van der Waals surface area contributed by atoms with Crippen LogP contribution >= 0.6 is 34.2 Å². The molecule has 2 aromatic carbocycles. The van der Waals surface area contributed by atoms with E-state index in [4.69, 9.17) is 16.0 Å². The van der Waals surface area contributed by atoms with Crippen molar-refractivity contribution >= 4 is 68.8 Å². The van der Waals surface area contributed by atoms with Crippen LogP contribution in [0.3, 0.4) is 0 Å². The van der Waals surface area contributed by atoms with E-state index < -0.39 is 5.91 Å². The zero-order valence-electron chi connectivity index (χ0n) is 12.4. The molecule has 122 valence electrons. The van der Waals surface area contributed by atoms with Gasteiger partial charge in [0.1, 0.15) is 5.52 Å². The van der Waals surface area contributed by atoms with Crippen LogP contribution in [0, 0.1) is 3.57 Å². The number of carbonyl (C=O) groups excluding carboxylic acids is 2. The van der Waals surface area contributed by atoms with Crippen molar-refractivity contribution in [3.05, 3.63) is 50.6 Å². The van der Waals surface area contributed by atoms with E-state index in [1.54, 1.807) is 30.3 Å². The number of nitrogens with one attached hydrogen (secondary N) is 2. The molecule has 24 heavy (non-hydrogen) atoms. The first-order valence-electron chi connectivity index (χ1n) is 6.87. The Kier molecular flexibility index (Phi) is 4.72. The van der Waals surface area contributed by atoms with E-state index in [0.29, 0.717) is 27.4 Å². The maximum atomic E-state index is 12.3. The zero-order valence-corrected chi connectivity index (χ0v) is 15.3. The maximum absolute atomic E-state index is 12.3. The number of hydrogen-bond acceptors (Lipinski definition) is 4. The fourth-order valence-electron chi connectivity index (χ4n) is 2.10. The summed E-state index contributed by atoms with van der Waals surface area (Å²) in [6.07, 6.45) is 0. The van der Waals surface area contributed by atoms with E-state index in [-0.39, 0.29) is 11.9 Å². The molecule has 0 atom stereocenters. The number of fused-ring (bicyclic) bond motifs is 1. The molecule has 0 radical (unpaired) electrons. The van der Waals surface area contributed by atoms with Crippen LogP contribution in [0.5, 0.6) is 0 Å². The molecule has 2 N–H and O–H groups in total. The summed E-state index contributed by atoms with van der Waals surface area (Å²) in [6.45, 7) is 1.42. The Labute approximate surface area is 155 Å². The molecule has 0 bridgehead atoms. The van der Waals surface area contributed by atoms with Crippen molar-refractivity contribution in [3.63, 3.8) is 0 Å². The van der Waals surface area contributed by atoms with Gasteiger partial charge in [-0.05, 0) is 52.9 Å². The molecular weight excluding hydrogens is 445 g/mol. The fourth-order valence-corrected chi connectivity index (χ4v) is 2.79. The van der Waals surface area contributed by atoms with Gasteiger partial charge in [0, 0.05) is 22.2 Å². The van der Waals surface area contributed by atoms with Gasteiger partial charge in [-0.25, -0.2) is 0 Å². The van der Waals surface area contributed by atoms with E-state index in [1.807, 2.05) is 6.07 Å². The summed E-state index contributed by atoms with van der Waals surface area (Å²) in [4.78, 5) is 27.6. The standard InChI is InChI=1S/C16H11ClIN3O3/c1-8(22)19-10-3-5-13-14(7-10)24-16(20-13)21-15(23)11-6-9(18)2-4-12(11)17/h2-7H,1H3,(H,19,22)(H,20,21,23). The summed E-state index contributed by atoms with van der Waals surface area (Å²) < 4.78 is 6.40. The number of oxazole rings is 1. The van der Waals surface area contributed by atoms with E-state index in [0.717, 1.165) is 3.57 Å².